The summed E-state index contributed by atoms with van der Waals surface area (Å²) in [5, 5.41) is 4.23. The van der Waals surface area contributed by atoms with Gasteiger partial charge in [0.1, 0.15) is 5.01 Å². The van der Waals surface area contributed by atoms with Gasteiger partial charge in [-0.1, -0.05) is 51.8 Å². The largest absolute Gasteiger partial charge is 0.322 e. The highest BCUT2D eigenvalue weighted by molar-refractivity contribution is 9.10. The molecule has 0 saturated heterocycles. The number of carbonyl (C=O) groups excluding carboxylic acids is 1. The summed E-state index contributed by atoms with van der Waals surface area (Å²) in [4.78, 5) is 17.2. The molecule has 4 aromatic rings. The van der Waals surface area contributed by atoms with Crippen LogP contribution in [0.15, 0.2) is 71.2 Å². The minimum absolute atomic E-state index is 0.252. The molecule has 1 aromatic heterocycles. The molecule has 0 aliphatic carbocycles. The van der Waals surface area contributed by atoms with E-state index in [9.17, 15) is 4.79 Å². The van der Waals surface area contributed by atoms with Crippen molar-refractivity contribution in [3.05, 3.63) is 81.8 Å². The van der Waals surface area contributed by atoms with Crippen molar-refractivity contribution in [3.63, 3.8) is 0 Å². The number of benzene rings is 3. The third kappa shape index (κ3) is 3.51. The Morgan fingerprint density at radius 3 is 2.73 bits per heavy atom. The molecule has 0 atom stereocenters. The van der Waals surface area contributed by atoms with Gasteiger partial charge in [0.15, 0.2) is 0 Å². The molecule has 0 fully saturated rings. The Labute approximate surface area is 167 Å². The van der Waals surface area contributed by atoms with Crippen molar-refractivity contribution in [1.29, 1.82) is 0 Å². The number of nitrogens with one attached hydrogen (secondary N) is 1. The maximum atomic E-state index is 12.5. The number of thiazole rings is 1. The number of para-hydroxylation sites is 1. The standard InChI is InChI=1S/C20H12BrClN2OS/c21-13-8-9-16(22)15(11-13)19(25)23-14-5-3-4-12(10-14)20-24-17-6-1-2-7-18(17)26-20/h1-11H,(H,23,25). The van der Waals surface area contributed by atoms with E-state index < -0.39 is 0 Å². The number of hydrogen-bond acceptors (Lipinski definition) is 3. The van der Waals surface area contributed by atoms with Crippen LogP contribution in [0.3, 0.4) is 0 Å². The molecule has 0 spiro atoms. The van der Waals surface area contributed by atoms with E-state index >= 15 is 0 Å². The van der Waals surface area contributed by atoms with Gasteiger partial charge in [0.2, 0.25) is 0 Å². The molecule has 0 radical (unpaired) electrons. The van der Waals surface area contributed by atoms with Gasteiger partial charge in [-0.05, 0) is 42.5 Å². The Kier molecular flexibility index (Phi) is 4.76. The van der Waals surface area contributed by atoms with Gasteiger partial charge >= 0.3 is 0 Å². The van der Waals surface area contributed by atoms with E-state index in [4.69, 9.17) is 11.6 Å². The number of halogens is 2. The monoisotopic (exact) mass is 442 g/mol. The molecule has 128 valence electrons. The number of anilines is 1. The highest BCUT2D eigenvalue weighted by atomic mass is 79.9. The Morgan fingerprint density at radius 2 is 1.88 bits per heavy atom. The van der Waals surface area contributed by atoms with Crippen LogP contribution in [0.5, 0.6) is 0 Å². The van der Waals surface area contributed by atoms with Gasteiger partial charge in [-0.2, -0.15) is 0 Å². The van der Waals surface area contributed by atoms with Gasteiger partial charge in [0.05, 0.1) is 20.8 Å². The molecule has 1 N–H and O–H groups in total. The number of hydrogen-bond donors (Lipinski definition) is 1. The number of carbonyl (C=O) groups is 1. The topological polar surface area (TPSA) is 42.0 Å². The molecule has 0 aliphatic rings. The van der Waals surface area contributed by atoms with E-state index in [2.05, 4.69) is 32.3 Å². The molecule has 3 nitrogen and oxygen atoms in total. The van der Waals surface area contributed by atoms with E-state index in [1.807, 2.05) is 42.5 Å². The number of nitrogens with zero attached hydrogens (tertiary/aromatic N) is 1. The van der Waals surface area contributed by atoms with Crippen LogP contribution < -0.4 is 5.32 Å². The maximum Gasteiger partial charge on any atom is 0.257 e. The van der Waals surface area contributed by atoms with E-state index in [1.54, 1.807) is 29.5 Å². The molecule has 6 heteroatoms. The van der Waals surface area contributed by atoms with Gasteiger partial charge in [0.25, 0.3) is 5.91 Å². The fourth-order valence-electron chi connectivity index (χ4n) is 2.60. The highest BCUT2D eigenvalue weighted by Gasteiger charge is 2.12. The van der Waals surface area contributed by atoms with E-state index in [1.165, 1.54) is 0 Å². The average molecular weight is 444 g/mol. The third-order valence-corrected chi connectivity index (χ3v) is 5.74. The zero-order valence-corrected chi connectivity index (χ0v) is 16.5. The minimum atomic E-state index is -0.252. The molecule has 3 aromatic carbocycles. The first-order valence-corrected chi connectivity index (χ1v) is 9.81. The van der Waals surface area contributed by atoms with E-state index in [-0.39, 0.29) is 5.91 Å². The summed E-state index contributed by atoms with van der Waals surface area (Å²) in [7, 11) is 0. The van der Waals surface area contributed by atoms with Crippen LogP contribution in [0.1, 0.15) is 10.4 Å². The highest BCUT2D eigenvalue weighted by Crippen LogP contribution is 2.31. The first-order valence-electron chi connectivity index (χ1n) is 7.82. The van der Waals surface area contributed by atoms with Crippen LogP contribution in [-0.4, -0.2) is 10.9 Å². The van der Waals surface area contributed by atoms with Crippen molar-refractivity contribution in [1.82, 2.24) is 4.98 Å². The van der Waals surface area contributed by atoms with Crippen LogP contribution in [0.25, 0.3) is 20.8 Å². The summed E-state index contributed by atoms with van der Waals surface area (Å²) >= 11 is 11.1. The summed E-state index contributed by atoms with van der Waals surface area (Å²) in [6.07, 6.45) is 0. The van der Waals surface area contributed by atoms with E-state index in [0.717, 1.165) is 25.3 Å². The van der Waals surface area contributed by atoms with Crippen LogP contribution in [0.2, 0.25) is 5.02 Å². The summed E-state index contributed by atoms with van der Waals surface area (Å²) in [5.41, 5.74) is 3.06. The molecule has 1 heterocycles. The minimum Gasteiger partial charge on any atom is -0.322 e. The van der Waals surface area contributed by atoms with Crippen LogP contribution >= 0.6 is 38.9 Å². The van der Waals surface area contributed by atoms with Crippen LogP contribution in [-0.2, 0) is 0 Å². The molecule has 4 rings (SSSR count). The van der Waals surface area contributed by atoms with Crippen LogP contribution in [0, 0.1) is 0 Å². The normalized spacial score (nSPS) is 10.8. The second-order valence-electron chi connectivity index (χ2n) is 5.65. The predicted octanol–water partition coefficient (Wildman–Crippen LogP) is 6.63. The van der Waals surface area contributed by atoms with Crippen LogP contribution in [0.4, 0.5) is 5.69 Å². The number of amides is 1. The number of rotatable bonds is 3. The molecule has 0 aliphatic heterocycles. The fourth-order valence-corrected chi connectivity index (χ4v) is 4.12. The molecular formula is C20H12BrClN2OS. The molecule has 1 amide bonds. The fraction of sp³-hybridized carbons (Fsp3) is 0. The summed E-state index contributed by atoms with van der Waals surface area (Å²) in [6.45, 7) is 0. The predicted molar refractivity (Wildman–Crippen MR) is 112 cm³/mol. The molecule has 0 saturated carbocycles. The second-order valence-corrected chi connectivity index (χ2v) is 8.00. The van der Waals surface area contributed by atoms with Crippen molar-refractivity contribution < 1.29 is 4.79 Å². The van der Waals surface area contributed by atoms with Crippen molar-refractivity contribution >= 4 is 60.7 Å². The Hall–Kier alpha value is -2.21. The summed E-state index contributed by atoms with van der Waals surface area (Å²) in [6, 6.07) is 20.9. The SMILES string of the molecule is O=C(Nc1cccc(-c2nc3ccccc3s2)c1)c1cc(Br)ccc1Cl. The number of aromatic nitrogens is 1. The van der Waals surface area contributed by atoms with Gasteiger partial charge in [0, 0.05) is 15.7 Å². The number of fused-ring (bicyclic) bond motifs is 1. The third-order valence-electron chi connectivity index (χ3n) is 3.83. The van der Waals surface area contributed by atoms with Gasteiger partial charge in [-0.15, -0.1) is 11.3 Å². The first kappa shape index (κ1) is 17.2. The lowest BCUT2D eigenvalue weighted by atomic mass is 10.1. The molecule has 0 bridgehead atoms. The van der Waals surface area contributed by atoms with Gasteiger partial charge < -0.3 is 5.32 Å². The van der Waals surface area contributed by atoms with Crippen molar-refractivity contribution in [2.45, 2.75) is 0 Å². The Balaban J connectivity index is 1.63. The van der Waals surface area contributed by atoms with Crippen molar-refractivity contribution in [2.75, 3.05) is 5.32 Å². The molecule has 26 heavy (non-hydrogen) atoms. The lowest BCUT2D eigenvalue weighted by molar-refractivity contribution is 0.102. The second kappa shape index (κ2) is 7.19. The van der Waals surface area contributed by atoms with E-state index in [0.29, 0.717) is 16.3 Å². The Bertz CT molecular complexity index is 1090. The average Bonchev–Trinajstić information content (AvgIpc) is 3.08. The molecule has 0 unspecified atom stereocenters. The van der Waals surface area contributed by atoms with Gasteiger partial charge in [-0.25, -0.2) is 4.98 Å². The van der Waals surface area contributed by atoms with Crippen molar-refractivity contribution in [2.24, 2.45) is 0 Å². The summed E-state index contributed by atoms with van der Waals surface area (Å²) in [5.74, 6) is -0.252. The maximum absolute atomic E-state index is 12.5. The quantitative estimate of drug-likeness (QED) is 0.386. The lowest BCUT2D eigenvalue weighted by Gasteiger charge is -2.08. The smallest absolute Gasteiger partial charge is 0.257 e. The van der Waals surface area contributed by atoms with Gasteiger partial charge in [-0.3, -0.25) is 4.79 Å². The Morgan fingerprint density at radius 1 is 1.04 bits per heavy atom. The lowest BCUT2D eigenvalue weighted by Crippen LogP contribution is -2.12. The first-order chi connectivity index (χ1) is 12.6. The summed E-state index contributed by atoms with van der Waals surface area (Å²) < 4.78 is 1.94. The zero-order chi connectivity index (χ0) is 18.1. The zero-order valence-electron chi connectivity index (χ0n) is 13.4. The molecular weight excluding hydrogens is 432 g/mol. The van der Waals surface area contributed by atoms with Crippen molar-refractivity contribution in [3.8, 4) is 10.6 Å².